The molecule has 0 spiro atoms. The summed E-state index contributed by atoms with van der Waals surface area (Å²) in [5, 5.41) is 23.0. The van der Waals surface area contributed by atoms with Crippen LogP contribution in [0.5, 0.6) is 11.5 Å². The van der Waals surface area contributed by atoms with Crippen molar-refractivity contribution in [1.29, 1.82) is 0 Å². The molecule has 0 fully saturated rings. The standard InChI is InChI=1S/C25H19Cl2N3O6S/c1-13-7-9-18(27)22(24(13)37(33,34)35)30-29-21-16-6-4-3-5-14(16)11-17(23(21)31)25(32)28-19-12-15(26)8-10-20(19)36-2/h3-12,31H,1-2H3,(H,28,32)(H,33,34,35). The molecule has 9 nitrogen and oxygen atoms in total. The molecule has 0 saturated heterocycles. The second-order valence-corrected chi connectivity index (χ2v) is 10.1. The van der Waals surface area contributed by atoms with Crippen LogP contribution >= 0.6 is 23.2 Å². The van der Waals surface area contributed by atoms with Crippen LogP contribution in [0, 0.1) is 6.92 Å². The first-order valence-corrected chi connectivity index (χ1v) is 12.8. The number of carbonyl (C=O) groups excluding carboxylic acids is 1. The van der Waals surface area contributed by atoms with Gasteiger partial charge in [-0.25, -0.2) is 0 Å². The molecule has 4 rings (SSSR count). The van der Waals surface area contributed by atoms with Crippen molar-refractivity contribution in [3.63, 3.8) is 0 Å². The lowest BCUT2D eigenvalue weighted by atomic mass is 10.0. The van der Waals surface area contributed by atoms with Gasteiger partial charge in [0.05, 0.1) is 23.4 Å². The van der Waals surface area contributed by atoms with Crippen molar-refractivity contribution < 1.29 is 27.6 Å². The summed E-state index contributed by atoms with van der Waals surface area (Å²) in [6, 6.07) is 15.7. The Balaban J connectivity index is 1.87. The molecule has 0 bridgehead atoms. The number of phenols is 1. The summed E-state index contributed by atoms with van der Waals surface area (Å²) in [7, 11) is -3.26. The summed E-state index contributed by atoms with van der Waals surface area (Å²) >= 11 is 12.2. The van der Waals surface area contributed by atoms with Crippen LogP contribution in [0.1, 0.15) is 15.9 Å². The molecule has 0 radical (unpaired) electrons. The number of halogens is 2. The number of carbonyl (C=O) groups is 1. The van der Waals surface area contributed by atoms with Crippen LogP contribution in [-0.4, -0.2) is 31.1 Å². The quantitative estimate of drug-likeness (QED) is 0.170. The molecule has 12 heteroatoms. The minimum absolute atomic E-state index is 0.0901. The van der Waals surface area contributed by atoms with Crippen LogP contribution in [0.3, 0.4) is 0 Å². The summed E-state index contributed by atoms with van der Waals surface area (Å²) < 4.78 is 38.9. The third-order valence-corrected chi connectivity index (χ3v) is 7.01. The van der Waals surface area contributed by atoms with Gasteiger partial charge in [-0.1, -0.05) is 53.5 Å². The zero-order valence-electron chi connectivity index (χ0n) is 19.4. The fourth-order valence-corrected chi connectivity index (χ4v) is 5.02. The first kappa shape index (κ1) is 26.4. The molecule has 0 heterocycles. The molecule has 3 N–H and O–H groups in total. The molecular weight excluding hydrogens is 541 g/mol. The van der Waals surface area contributed by atoms with Crippen LogP contribution in [0.4, 0.5) is 17.1 Å². The van der Waals surface area contributed by atoms with E-state index >= 15 is 0 Å². The molecule has 0 aliphatic carbocycles. The number of nitrogens with zero attached hydrogens (tertiary/aromatic N) is 2. The van der Waals surface area contributed by atoms with E-state index in [0.717, 1.165) is 0 Å². The highest BCUT2D eigenvalue weighted by molar-refractivity contribution is 7.86. The Morgan fingerprint density at radius 3 is 2.41 bits per heavy atom. The molecule has 0 aliphatic heterocycles. The van der Waals surface area contributed by atoms with Crippen molar-refractivity contribution in [2.24, 2.45) is 10.2 Å². The summed E-state index contributed by atoms with van der Waals surface area (Å²) in [4.78, 5) is 12.7. The minimum atomic E-state index is -4.70. The topological polar surface area (TPSA) is 138 Å². The van der Waals surface area contributed by atoms with Crippen molar-refractivity contribution >= 4 is 67.1 Å². The lowest BCUT2D eigenvalue weighted by molar-refractivity contribution is 0.102. The highest BCUT2D eigenvalue weighted by atomic mass is 35.5. The number of hydrogen-bond acceptors (Lipinski definition) is 7. The summed E-state index contributed by atoms with van der Waals surface area (Å²) in [5.41, 5.74) is -0.0926. The van der Waals surface area contributed by atoms with E-state index in [1.54, 1.807) is 36.4 Å². The van der Waals surface area contributed by atoms with E-state index in [9.17, 15) is 22.9 Å². The van der Waals surface area contributed by atoms with Crippen LogP contribution in [-0.2, 0) is 10.1 Å². The predicted octanol–water partition coefficient (Wildman–Crippen LogP) is 7.08. The van der Waals surface area contributed by atoms with Gasteiger partial charge in [0, 0.05) is 10.4 Å². The van der Waals surface area contributed by atoms with Gasteiger partial charge < -0.3 is 15.2 Å². The number of methoxy groups -OCH3 is 1. The molecule has 0 atom stereocenters. The summed E-state index contributed by atoms with van der Waals surface area (Å²) in [5.74, 6) is -0.851. The average Bonchev–Trinajstić information content (AvgIpc) is 2.84. The second kappa shape index (κ2) is 10.3. The molecule has 37 heavy (non-hydrogen) atoms. The van der Waals surface area contributed by atoms with Gasteiger partial charge in [-0.3, -0.25) is 9.35 Å². The number of ether oxygens (including phenoxy) is 1. The van der Waals surface area contributed by atoms with E-state index < -0.39 is 26.7 Å². The van der Waals surface area contributed by atoms with Crippen LogP contribution in [0.15, 0.2) is 75.8 Å². The third-order valence-electron chi connectivity index (χ3n) is 5.44. The Hall–Kier alpha value is -3.70. The third kappa shape index (κ3) is 5.37. The van der Waals surface area contributed by atoms with Crippen molar-refractivity contribution in [2.45, 2.75) is 11.8 Å². The van der Waals surface area contributed by atoms with E-state index in [1.165, 1.54) is 38.3 Å². The molecular formula is C25H19Cl2N3O6S. The number of fused-ring (bicyclic) bond motifs is 1. The monoisotopic (exact) mass is 559 g/mol. The number of amides is 1. The van der Waals surface area contributed by atoms with Crippen molar-refractivity contribution in [3.8, 4) is 11.5 Å². The zero-order chi connectivity index (χ0) is 26.9. The van der Waals surface area contributed by atoms with E-state index in [-0.39, 0.29) is 33.2 Å². The van der Waals surface area contributed by atoms with Crippen molar-refractivity contribution in [1.82, 2.24) is 0 Å². The van der Waals surface area contributed by atoms with Crippen LogP contribution in [0.2, 0.25) is 10.0 Å². The smallest absolute Gasteiger partial charge is 0.297 e. The number of nitrogens with one attached hydrogen (secondary N) is 1. The Labute approximate surface area is 222 Å². The number of phenolic OH excluding ortho intramolecular Hbond substituents is 1. The molecule has 0 aliphatic rings. The number of anilines is 1. The van der Waals surface area contributed by atoms with Crippen molar-refractivity contribution in [2.75, 3.05) is 12.4 Å². The van der Waals surface area contributed by atoms with Gasteiger partial charge in [0.1, 0.15) is 22.0 Å². The van der Waals surface area contributed by atoms with E-state index in [4.69, 9.17) is 27.9 Å². The highest BCUT2D eigenvalue weighted by Gasteiger charge is 2.23. The number of hydrogen-bond donors (Lipinski definition) is 3. The van der Waals surface area contributed by atoms with Crippen LogP contribution < -0.4 is 10.1 Å². The van der Waals surface area contributed by atoms with Gasteiger partial charge in [0.15, 0.2) is 5.75 Å². The van der Waals surface area contributed by atoms with Gasteiger partial charge >= 0.3 is 0 Å². The van der Waals surface area contributed by atoms with E-state index in [0.29, 0.717) is 21.5 Å². The largest absolute Gasteiger partial charge is 0.505 e. The first-order valence-electron chi connectivity index (χ1n) is 10.6. The number of aromatic hydroxyl groups is 1. The Bertz CT molecular complexity index is 1690. The average molecular weight is 560 g/mol. The Kier molecular flexibility index (Phi) is 7.37. The fourth-order valence-electron chi connectivity index (χ4n) is 3.73. The Morgan fingerprint density at radius 1 is 1.00 bits per heavy atom. The molecule has 4 aromatic rings. The molecule has 0 unspecified atom stereocenters. The number of azo groups is 1. The van der Waals surface area contributed by atoms with Gasteiger partial charge in [-0.15, -0.1) is 10.2 Å². The van der Waals surface area contributed by atoms with Crippen LogP contribution in [0.25, 0.3) is 10.8 Å². The number of benzene rings is 4. The van der Waals surface area contributed by atoms with E-state index in [2.05, 4.69) is 15.5 Å². The lowest BCUT2D eigenvalue weighted by Gasteiger charge is -2.13. The van der Waals surface area contributed by atoms with Crippen molar-refractivity contribution in [3.05, 3.63) is 81.8 Å². The van der Waals surface area contributed by atoms with Gasteiger partial charge in [-0.05, 0) is 48.2 Å². The van der Waals surface area contributed by atoms with Gasteiger partial charge in [-0.2, -0.15) is 8.42 Å². The molecule has 0 aromatic heterocycles. The first-order chi connectivity index (χ1) is 17.5. The minimum Gasteiger partial charge on any atom is -0.505 e. The highest BCUT2D eigenvalue weighted by Crippen LogP contribution is 2.42. The normalized spacial score (nSPS) is 11.7. The molecule has 4 aromatic carbocycles. The second-order valence-electron chi connectivity index (χ2n) is 7.86. The summed E-state index contributed by atoms with van der Waals surface area (Å²) in [6.45, 7) is 1.46. The Morgan fingerprint density at radius 2 is 1.70 bits per heavy atom. The fraction of sp³-hybridized carbons (Fsp3) is 0.0800. The maximum atomic E-state index is 13.2. The molecule has 0 saturated carbocycles. The molecule has 1 amide bonds. The van der Waals surface area contributed by atoms with Gasteiger partial charge in [0.2, 0.25) is 0 Å². The SMILES string of the molecule is COc1ccc(Cl)cc1NC(=O)c1cc2ccccc2c(N=Nc2c(Cl)ccc(C)c2S(=O)(=O)O)c1O. The number of rotatable bonds is 6. The lowest BCUT2D eigenvalue weighted by Crippen LogP contribution is -2.13. The predicted molar refractivity (Wildman–Crippen MR) is 142 cm³/mol. The van der Waals surface area contributed by atoms with Gasteiger partial charge in [0.25, 0.3) is 16.0 Å². The van der Waals surface area contributed by atoms with E-state index in [1.807, 2.05) is 0 Å². The zero-order valence-corrected chi connectivity index (χ0v) is 21.7. The summed E-state index contributed by atoms with van der Waals surface area (Å²) in [6.07, 6.45) is 0. The maximum absolute atomic E-state index is 13.2. The molecule has 190 valence electrons. The maximum Gasteiger partial charge on any atom is 0.297 e. The number of aryl methyl sites for hydroxylation is 1.